The zero-order valence-corrected chi connectivity index (χ0v) is 13.7. The molecule has 0 spiro atoms. The number of amides is 1. The normalized spacial score (nSPS) is 10.6. The number of anilines is 1. The molecule has 1 amide bonds. The average Bonchev–Trinajstić information content (AvgIpc) is 2.56. The highest BCUT2D eigenvalue weighted by Gasteiger charge is 2.03. The van der Waals surface area contributed by atoms with Gasteiger partial charge in [-0.2, -0.15) is 0 Å². The first-order valence-corrected chi connectivity index (χ1v) is 7.93. The van der Waals surface area contributed by atoms with Crippen LogP contribution in [0.15, 0.2) is 54.6 Å². The van der Waals surface area contributed by atoms with Crippen molar-refractivity contribution < 1.29 is 9.53 Å². The van der Waals surface area contributed by atoms with E-state index in [0.29, 0.717) is 19.2 Å². The van der Waals surface area contributed by atoms with E-state index in [1.807, 2.05) is 56.3 Å². The summed E-state index contributed by atoms with van der Waals surface area (Å²) >= 11 is 0. The van der Waals surface area contributed by atoms with Crippen LogP contribution in [0.25, 0.3) is 0 Å². The van der Waals surface area contributed by atoms with E-state index >= 15 is 0 Å². The van der Waals surface area contributed by atoms with E-state index in [-0.39, 0.29) is 5.91 Å². The van der Waals surface area contributed by atoms with E-state index in [1.54, 1.807) is 0 Å². The van der Waals surface area contributed by atoms with Gasteiger partial charge in [0.05, 0.1) is 13.2 Å². The van der Waals surface area contributed by atoms with Crippen LogP contribution < -0.4 is 15.4 Å². The SMILES string of the molecule is CC(C)NCC(=O)Nc1ccc(OCCc2ccccc2)cc1. The quantitative estimate of drug-likeness (QED) is 0.787. The van der Waals surface area contributed by atoms with Crippen molar-refractivity contribution in [3.8, 4) is 5.75 Å². The van der Waals surface area contributed by atoms with Crippen LogP contribution >= 0.6 is 0 Å². The summed E-state index contributed by atoms with van der Waals surface area (Å²) in [6.45, 7) is 4.96. The maximum absolute atomic E-state index is 11.7. The van der Waals surface area contributed by atoms with Gasteiger partial charge in [0, 0.05) is 18.2 Å². The molecule has 122 valence electrons. The largest absolute Gasteiger partial charge is 0.493 e. The second-order valence-electron chi connectivity index (χ2n) is 5.69. The molecule has 0 aliphatic heterocycles. The van der Waals surface area contributed by atoms with Gasteiger partial charge in [-0.1, -0.05) is 44.2 Å². The van der Waals surface area contributed by atoms with Crippen molar-refractivity contribution in [2.45, 2.75) is 26.3 Å². The van der Waals surface area contributed by atoms with E-state index < -0.39 is 0 Å². The summed E-state index contributed by atoms with van der Waals surface area (Å²) in [4.78, 5) is 11.7. The lowest BCUT2D eigenvalue weighted by Crippen LogP contribution is -2.32. The van der Waals surface area contributed by atoms with Crippen LogP contribution in [0, 0.1) is 0 Å². The molecular formula is C19H24N2O2. The van der Waals surface area contributed by atoms with Gasteiger partial charge in [-0.05, 0) is 29.8 Å². The van der Waals surface area contributed by atoms with E-state index in [9.17, 15) is 4.79 Å². The van der Waals surface area contributed by atoms with Crippen LogP contribution in [0.3, 0.4) is 0 Å². The zero-order valence-electron chi connectivity index (χ0n) is 13.7. The minimum atomic E-state index is -0.0450. The Balaban J connectivity index is 1.74. The summed E-state index contributed by atoms with van der Waals surface area (Å²) in [7, 11) is 0. The Morgan fingerprint density at radius 3 is 2.39 bits per heavy atom. The second kappa shape index (κ2) is 8.96. The lowest BCUT2D eigenvalue weighted by molar-refractivity contribution is -0.115. The summed E-state index contributed by atoms with van der Waals surface area (Å²) in [5.74, 6) is 0.760. The van der Waals surface area contributed by atoms with Crippen LogP contribution in [-0.4, -0.2) is 25.1 Å². The molecule has 2 aromatic carbocycles. The zero-order chi connectivity index (χ0) is 16.5. The number of ether oxygens (including phenoxy) is 1. The first-order chi connectivity index (χ1) is 11.1. The molecule has 0 saturated heterocycles. The second-order valence-corrected chi connectivity index (χ2v) is 5.69. The molecule has 4 heteroatoms. The Bertz CT molecular complexity index is 595. The summed E-state index contributed by atoms with van der Waals surface area (Å²) < 4.78 is 5.72. The highest BCUT2D eigenvalue weighted by Crippen LogP contribution is 2.16. The highest BCUT2D eigenvalue weighted by molar-refractivity contribution is 5.92. The third-order valence-electron chi connectivity index (χ3n) is 3.31. The summed E-state index contributed by atoms with van der Waals surface area (Å²) in [6.07, 6.45) is 0.875. The molecule has 0 fully saturated rings. The fourth-order valence-electron chi connectivity index (χ4n) is 2.07. The van der Waals surface area contributed by atoms with E-state index in [1.165, 1.54) is 5.56 Å². The number of benzene rings is 2. The van der Waals surface area contributed by atoms with Gasteiger partial charge in [0.2, 0.25) is 5.91 Å². The fraction of sp³-hybridized carbons (Fsp3) is 0.316. The van der Waals surface area contributed by atoms with Gasteiger partial charge >= 0.3 is 0 Å². The number of nitrogens with one attached hydrogen (secondary N) is 2. The molecule has 0 saturated carbocycles. The van der Waals surface area contributed by atoms with Crippen molar-refractivity contribution in [3.05, 3.63) is 60.2 Å². The third-order valence-corrected chi connectivity index (χ3v) is 3.31. The van der Waals surface area contributed by atoms with Crippen LogP contribution in [-0.2, 0) is 11.2 Å². The molecule has 0 aliphatic rings. The molecule has 2 N–H and O–H groups in total. The highest BCUT2D eigenvalue weighted by atomic mass is 16.5. The van der Waals surface area contributed by atoms with Crippen molar-refractivity contribution in [1.82, 2.24) is 5.32 Å². The van der Waals surface area contributed by atoms with Crippen molar-refractivity contribution in [2.75, 3.05) is 18.5 Å². The van der Waals surface area contributed by atoms with Gasteiger partial charge in [0.25, 0.3) is 0 Å². The van der Waals surface area contributed by atoms with E-state index in [0.717, 1.165) is 17.9 Å². The molecule has 0 atom stereocenters. The van der Waals surface area contributed by atoms with E-state index in [4.69, 9.17) is 4.74 Å². The van der Waals surface area contributed by atoms with Gasteiger partial charge in [0.1, 0.15) is 5.75 Å². The number of rotatable bonds is 8. The molecule has 2 aromatic rings. The van der Waals surface area contributed by atoms with Gasteiger partial charge in [0.15, 0.2) is 0 Å². The summed E-state index contributed by atoms with van der Waals surface area (Å²) in [6, 6.07) is 18.0. The molecule has 2 rings (SSSR count). The molecule has 0 unspecified atom stereocenters. The smallest absolute Gasteiger partial charge is 0.238 e. The first-order valence-electron chi connectivity index (χ1n) is 7.93. The molecule has 4 nitrogen and oxygen atoms in total. The molecule has 23 heavy (non-hydrogen) atoms. The van der Waals surface area contributed by atoms with Gasteiger partial charge < -0.3 is 15.4 Å². The lowest BCUT2D eigenvalue weighted by Gasteiger charge is -2.10. The van der Waals surface area contributed by atoms with Crippen molar-refractivity contribution in [1.29, 1.82) is 0 Å². The van der Waals surface area contributed by atoms with Crippen LogP contribution in [0.1, 0.15) is 19.4 Å². The maximum Gasteiger partial charge on any atom is 0.238 e. The standard InChI is InChI=1S/C19H24N2O2/c1-15(2)20-14-19(22)21-17-8-10-18(11-9-17)23-13-12-16-6-4-3-5-7-16/h3-11,15,20H,12-14H2,1-2H3,(H,21,22). The summed E-state index contributed by atoms with van der Waals surface area (Å²) in [5.41, 5.74) is 2.03. The average molecular weight is 312 g/mol. The number of hydrogen-bond acceptors (Lipinski definition) is 3. The number of carbonyl (C=O) groups is 1. The van der Waals surface area contributed by atoms with Crippen LogP contribution in [0.4, 0.5) is 5.69 Å². The summed E-state index contributed by atoms with van der Waals surface area (Å²) in [5, 5.41) is 5.93. The molecule has 0 bridgehead atoms. The minimum Gasteiger partial charge on any atom is -0.493 e. The third kappa shape index (κ3) is 6.53. The Hall–Kier alpha value is -2.33. The minimum absolute atomic E-state index is 0.0450. The van der Waals surface area contributed by atoms with E-state index in [2.05, 4.69) is 22.8 Å². The molecule has 0 heterocycles. The maximum atomic E-state index is 11.7. The molecule has 0 aliphatic carbocycles. The first kappa shape index (κ1) is 17.0. The van der Waals surface area contributed by atoms with Crippen molar-refractivity contribution in [2.24, 2.45) is 0 Å². The fourth-order valence-corrected chi connectivity index (χ4v) is 2.07. The monoisotopic (exact) mass is 312 g/mol. The topological polar surface area (TPSA) is 50.4 Å². The van der Waals surface area contributed by atoms with Crippen molar-refractivity contribution >= 4 is 11.6 Å². The number of carbonyl (C=O) groups excluding carboxylic acids is 1. The van der Waals surface area contributed by atoms with Gasteiger partial charge in [-0.3, -0.25) is 4.79 Å². The Labute approximate surface area is 137 Å². The predicted molar refractivity (Wildman–Crippen MR) is 93.9 cm³/mol. The van der Waals surface area contributed by atoms with Crippen LogP contribution in [0.2, 0.25) is 0 Å². The molecular weight excluding hydrogens is 288 g/mol. The Morgan fingerprint density at radius 2 is 1.74 bits per heavy atom. The van der Waals surface area contributed by atoms with Crippen LogP contribution in [0.5, 0.6) is 5.75 Å². The molecule has 0 radical (unpaired) electrons. The predicted octanol–water partition coefficient (Wildman–Crippen LogP) is 3.24. The van der Waals surface area contributed by atoms with Gasteiger partial charge in [-0.15, -0.1) is 0 Å². The lowest BCUT2D eigenvalue weighted by atomic mass is 10.2. The Morgan fingerprint density at radius 1 is 1.04 bits per heavy atom. The van der Waals surface area contributed by atoms with Crippen molar-refractivity contribution in [3.63, 3.8) is 0 Å². The number of hydrogen-bond donors (Lipinski definition) is 2. The van der Waals surface area contributed by atoms with Gasteiger partial charge in [-0.25, -0.2) is 0 Å². The molecule has 0 aromatic heterocycles. The Kier molecular flexibility index (Phi) is 6.63.